The third-order valence-electron chi connectivity index (χ3n) is 3.10. The van der Waals surface area contributed by atoms with E-state index in [0.29, 0.717) is 6.61 Å². The number of nitrogens with zero attached hydrogens (tertiary/aromatic N) is 1. The van der Waals surface area contributed by atoms with Crippen molar-refractivity contribution in [3.05, 3.63) is 29.8 Å². The molecular weight excluding hydrogens is 252 g/mol. The van der Waals surface area contributed by atoms with Crippen molar-refractivity contribution in [3.63, 3.8) is 0 Å². The van der Waals surface area contributed by atoms with E-state index < -0.39 is 0 Å². The van der Waals surface area contributed by atoms with Crippen molar-refractivity contribution in [2.45, 2.75) is 19.9 Å². The maximum absolute atomic E-state index is 11.0. The highest BCUT2D eigenvalue weighted by Gasteiger charge is 2.23. The number of cyclic esters (lactones) is 1. The van der Waals surface area contributed by atoms with Crippen LogP contribution in [0.2, 0.25) is 0 Å². The summed E-state index contributed by atoms with van der Waals surface area (Å²) in [5.74, 6) is 0. The van der Waals surface area contributed by atoms with Crippen molar-refractivity contribution in [1.82, 2.24) is 5.32 Å². The van der Waals surface area contributed by atoms with Gasteiger partial charge in [0.2, 0.25) is 0 Å². The topological polar surface area (TPSA) is 41.6 Å². The second-order valence-corrected chi connectivity index (χ2v) is 4.06. The van der Waals surface area contributed by atoms with Crippen molar-refractivity contribution in [2.24, 2.45) is 0 Å². The lowest BCUT2D eigenvalue weighted by Crippen LogP contribution is -2.22. The summed E-state index contributed by atoms with van der Waals surface area (Å²) < 4.78 is 4.88. The Balaban J connectivity index is 0.00000162. The van der Waals surface area contributed by atoms with Crippen LogP contribution in [-0.2, 0) is 4.74 Å². The van der Waals surface area contributed by atoms with Crippen molar-refractivity contribution in [1.29, 1.82) is 0 Å². The molecule has 1 heterocycles. The molecule has 1 aromatic rings. The molecule has 4 nitrogen and oxygen atoms in total. The van der Waals surface area contributed by atoms with Gasteiger partial charge in [0.05, 0.1) is 6.04 Å². The van der Waals surface area contributed by atoms with E-state index in [0.717, 1.165) is 18.7 Å². The predicted molar refractivity (Wildman–Crippen MR) is 74.5 cm³/mol. The molecular formula is C13H19ClN2O2. The van der Waals surface area contributed by atoms with Crippen LogP contribution in [0.15, 0.2) is 24.3 Å². The van der Waals surface area contributed by atoms with Crippen LogP contribution in [-0.4, -0.2) is 25.8 Å². The molecule has 0 spiro atoms. The largest absolute Gasteiger partial charge is 0.447 e. The average Bonchev–Trinajstić information content (AvgIpc) is 2.78. The third-order valence-corrected chi connectivity index (χ3v) is 3.10. The smallest absolute Gasteiger partial charge is 0.407 e. The molecule has 1 saturated heterocycles. The van der Waals surface area contributed by atoms with Crippen LogP contribution in [0.4, 0.5) is 10.5 Å². The minimum Gasteiger partial charge on any atom is -0.447 e. The van der Waals surface area contributed by atoms with Gasteiger partial charge in [0.1, 0.15) is 6.61 Å². The molecule has 0 aliphatic carbocycles. The number of hydrogen-bond donors (Lipinski definition) is 1. The van der Waals surface area contributed by atoms with Gasteiger partial charge in [-0.3, -0.25) is 0 Å². The van der Waals surface area contributed by atoms with E-state index in [9.17, 15) is 4.79 Å². The van der Waals surface area contributed by atoms with Crippen LogP contribution < -0.4 is 10.2 Å². The molecule has 2 rings (SSSR count). The van der Waals surface area contributed by atoms with Gasteiger partial charge in [-0.25, -0.2) is 4.79 Å². The van der Waals surface area contributed by atoms with Gasteiger partial charge in [0.15, 0.2) is 0 Å². The summed E-state index contributed by atoms with van der Waals surface area (Å²) in [5.41, 5.74) is 2.30. The van der Waals surface area contributed by atoms with E-state index in [2.05, 4.69) is 36.2 Å². The van der Waals surface area contributed by atoms with Gasteiger partial charge in [-0.1, -0.05) is 12.1 Å². The van der Waals surface area contributed by atoms with Crippen molar-refractivity contribution in [2.75, 3.05) is 24.6 Å². The molecule has 1 N–H and O–H groups in total. The molecule has 5 heteroatoms. The van der Waals surface area contributed by atoms with Crippen molar-refractivity contribution < 1.29 is 9.53 Å². The average molecular weight is 271 g/mol. The number of benzene rings is 1. The highest BCUT2D eigenvalue weighted by atomic mass is 35.5. The van der Waals surface area contributed by atoms with Crippen LogP contribution in [0.1, 0.15) is 25.5 Å². The zero-order valence-electron chi connectivity index (χ0n) is 10.7. The molecule has 0 saturated carbocycles. The quantitative estimate of drug-likeness (QED) is 0.915. The summed E-state index contributed by atoms with van der Waals surface area (Å²) in [5, 5.41) is 2.77. The number of nitrogens with one attached hydrogen (secondary N) is 1. The summed E-state index contributed by atoms with van der Waals surface area (Å²) in [7, 11) is 0. The molecule has 1 fully saturated rings. The first-order valence-corrected chi connectivity index (χ1v) is 6.02. The van der Waals surface area contributed by atoms with E-state index in [1.807, 2.05) is 12.1 Å². The van der Waals surface area contributed by atoms with Crippen molar-refractivity contribution >= 4 is 24.2 Å². The van der Waals surface area contributed by atoms with Crippen LogP contribution in [0.5, 0.6) is 0 Å². The normalized spacial score (nSPS) is 17.7. The molecule has 1 atom stereocenters. The van der Waals surface area contributed by atoms with Gasteiger partial charge < -0.3 is 15.0 Å². The van der Waals surface area contributed by atoms with Gasteiger partial charge in [-0.2, -0.15) is 0 Å². The zero-order valence-corrected chi connectivity index (χ0v) is 11.5. The second-order valence-electron chi connectivity index (χ2n) is 4.06. The number of rotatable bonds is 4. The van der Waals surface area contributed by atoms with E-state index in [4.69, 9.17) is 4.74 Å². The monoisotopic (exact) mass is 270 g/mol. The first-order chi connectivity index (χ1) is 8.24. The van der Waals surface area contributed by atoms with E-state index in [1.165, 1.54) is 5.69 Å². The maximum Gasteiger partial charge on any atom is 0.407 e. The molecule has 0 radical (unpaired) electrons. The first-order valence-electron chi connectivity index (χ1n) is 6.02. The van der Waals surface area contributed by atoms with Gasteiger partial charge in [-0.15, -0.1) is 12.4 Å². The van der Waals surface area contributed by atoms with Crippen LogP contribution in [0.25, 0.3) is 0 Å². The number of alkyl carbamates (subject to hydrolysis) is 1. The Morgan fingerprint density at radius 2 is 1.89 bits per heavy atom. The van der Waals surface area contributed by atoms with Gasteiger partial charge in [0, 0.05) is 18.8 Å². The van der Waals surface area contributed by atoms with E-state index >= 15 is 0 Å². The lowest BCUT2D eigenvalue weighted by atomic mass is 10.1. The van der Waals surface area contributed by atoms with E-state index in [-0.39, 0.29) is 24.5 Å². The molecule has 0 aromatic heterocycles. The second kappa shape index (κ2) is 6.50. The number of carbonyl (C=O) groups excluding carboxylic acids is 1. The van der Waals surface area contributed by atoms with Gasteiger partial charge in [0.25, 0.3) is 0 Å². The fourth-order valence-electron chi connectivity index (χ4n) is 2.07. The number of hydrogen-bond acceptors (Lipinski definition) is 3. The number of ether oxygens (including phenoxy) is 1. The number of amides is 1. The predicted octanol–water partition coefficient (Wildman–Crippen LogP) is 2.74. The van der Waals surface area contributed by atoms with Crippen molar-refractivity contribution in [3.8, 4) is 0 Å². The third kappa shape index (κ3) is 3.07. The Labute approximate surface area is 114 Å². The molecule has 100 valence electrons. The van der Waals surface area contributed by atoms with Gasteiger partial charge in [-0.05, 0) is 31.5 Å². The number of halogens is 1. The van der Waals surface area contributed by atoms with E-state index in [1.54, 1.807) is 0 Å². The molecule has 0 bridgehead atoms. The number of anilines is 1. The summed E-state index contributed by atoms with van der Waals surface area (Å²) in [6.45, 7) is 6.70. The Morgan fingerprint density at radius 1 is 1.28 bits per heavy atom. The molecule has 1 aromatic carbocycles. The molecule has 1 aliphatic heterocycles. The Bertz CT molecular complexity index is 390. The van der Waals surface area contributed by atoms with Crippen LogP contribution in [0, 0.1) is 0 Å². The Hall–Kier alpha value is -1.42. The molecule has 18 heavy (non-hydrogen) atoms. The molecule has 1 amide bonds. The van der Waals surface area contributed by atoms with Gasteiger partial charge >= 0.3 is 6.09 Å². The molecule has 0 unspecified atom stereocenters. The summed E-state index contributed by atoms with van der Waals surface area (Å²) in [6, 6.07) is 8.27. The summed E-state index contributed by atoms with van der Waals surface area (Å²) in [4.78, 5) is 13.2. The maximum atomic E-state index is 11.0. The highest BCUT2D eigenvalue weighted by molar-refractivity contribution is 5.85. The zero-order chi connectivity index (χ0) is 12.3. The van der Waals surface area contributed by atoms with Crippen LogP contribution in [0.3, 0.4) is 0 Å². The fourth-order valence-corrected chi connectivity index (χ4v) is 2.07. The summed E-state index contributed by atoms with van der Waals surface area (Å²) in [6.07, 6.45) is -0.331. The standard InChI is InChI=1S/C13H18N2O2.ClH/c1-3-15(4-2)11-7-5-10(6-8-11)12-9-17-13(16)14-12;/h5-8,12H,3-4,9H2,1-2H3,(H,14,16);1H/t12-;/m0./s1. The Morgan fingerprint density at radius 3 is 2.33 bits per heavy atom. The lowest BCUT2D eigenvalue weighted by molar-refractivity contribution is 0.177. The Kier molecular flexibility index (Phi) is 5.28. The summed E-state index contributed by atoms with van der Waals surface area (Å²) >= 11 is 0. The first kappa shape index (κ1) is 14.6. The minimum atomic E-state index is -0.331. The van der Waals surface area contributed by atoms with Crippen LogP contribution >= 0.6 is 12.4 Å². The SMILES string of the molecule is CCN(CC)c1ccc([C@@H]2COC(=O)N2)cc1.Cl. The number of carbonyl (C=O) groups is 1. The fraction of sp³-hybridized carbons (Fsp3) is 0.462. The highest BCUT2D eigenvalue weighted by Crippen LogP contribution is 2.21. The lowest BCUT2D eigenvalue weighted by Gasteiger charge is -2.21. The molecule has 1 aliphatic rings. The minimum absolute atomic E-state index is 0.